The Labute approximate surface area is 100 Å². The van der Waals surface area contributed by atoms with Gasteiger partial charge in [0.25, 0.3) is 0 Å². The first-order chi connectivity index (χ1) is 7.71. The zero-order chi connectivity index (χ0) is 12.0. The molecule has 0 amide bonds. The van der Waals surface area contributed by atoms with Crippen LogP contribution in [0.5, 0.6) is 5.75 Å². The molecule has 0 radical (unpaired) electrons. The molecule has 0 aliphatic carbocycles. The number of ether oxygens (including phenoxy) is 1. The average molecular weight is 239 g/mol. The van der Waals surface area contributed by atoms with Gasteiger partial charge < -0.3 is 15.8 Å². The van der Waals surface area contributed by atoms with Crippen molar-refractivity contribution in [2.45, 2.75) is 13.5 Å². The number of methoxy groups -OCH3 is 1. The Bertz CT molecular complexity index is 368. The number of nitrogens with one attached hydrogen (secondary N) is 2. The van der Waals surface area contributed by atoms with Gasteiger partial charge in [-0.15, -0.1) is 0 Å². The molecule has 0 atom stereocenters. The molecule has 1 aromatic rings. The molecule has 0 aliphatic rings. The Morgan fingerprint density at radius 3 is 2.88 bits per heavy atom. The molecule has 0 aromatic heterocycles. The Kier molecular flexibility index (Phi) is 5.14. The van der Waals surface area contributed by atoms with Crippen molar-refractivity contribution in [2.24, 2.45) is 5.73 Å². The molecule has 0 aliphatic heterocycles. The van der Waals surface area contributed by atoms with Gasteiger partial charge in [0, 0.05) is 23.9 Å². The van der Waals surface area contributed by atoms with Crippen LogP contribution in [-0.2, 0) is 6.54 Å². The van der Waals surface area contributed by atoms with E-state index in [0.29, 0.717) is 11.7 Å². The minimum absolute atomic E-state index is 0.435. The first-order valence-electron chi connectivity index (χ1n) is 5.06. The van der Waals surface area contributed by atoms with Gasteiger partial charge in [0.05, 0.1) is 7.11 Å². The normalized spacial score (nSPS) is 9.94. The highest BCUT2D eigenvalue weighted by molar-refractivity contribution is 8.14. The van der Waals surface area contributed by atoms with Crippen molar-refractivity contribution >= 4 is 22.6 Å². The standard InChI is InChI=1S/C11H17N3OS/c1-3-16-11(13)14-9-5-4-8(7-12)10(6-9)15-2/h4-6H,3,7,12H2,1-2H3,(H2,13,14). The lowest BCUT2D eigenvalue weighted by Gasteiger charge is -2.11. The molecule has 4 N–H and O–H groups in total. The Balaban J connectivity index is 2.78. The Hall–Kier alpha value is -1.20. The Morgan fingerprint density at radius 2 is 2.31 bits per heavy atom. The van der Waals surface area contributed by atoms with Crippen LogP contribution in [0.4, 0.5) is 5.69 Å². The van der Waals surface area contributed by atoms with Gasteiger partial charge in [0.15, 0.2) is 5.17 Å². The summed E-state index contributed by atoms with van der Waals surface area (Å²) in [6.07, 6.45) is 0. The average Bonchev–Trinajstić information content (AvgIpc) is 2.29. The van der Waals surface area contributed by atoms with Crippen LogP contribution in [0.25, 0.3) is 0 Å². The zero-order valence-corrected chi connectivity index (χ0v) is 10.4. The van der Waals surface area contributed by atoms with E-state index in [4.69, 9.17) is 15.9 Å². The molecular formula is C11H17N3OS. The molecule has 0 spiro atoms. The van der Waals surface area contributed by atoms with Crippen LogP contribution in [0.2, 0.25) is 0 Å². The lowest BCUT2D eigenvalue weighted by Crippen LogP contribution is -2.07. The number of nitrogens with two attached hydrogens (primary N) is 1. The monoisotopic (exact) mass is 239 g/mol. The van der Waals surface area contributed by atoms with E-state index in [1.807, 2.05) is 25.1 Å². The maximum Gasteiger partial charge on any atom is 0.158 e. The van der Waals surface area contributed by atoms with Crippen molar-refractivity contribution in [3.05, 3.63) is 23.8 Å². The maximum absolute atomic E-state index is 7.64. The van der Waals surface area contributed by atoms with Crippen molar-refractivity contribution < 1.29 is 4.74 Å². The second-order valence-electron chi connectivity index (χ2n) is 3.12. The van der Waals surface area contributed by atoms with E-state index in [2.05, 4.69) is 5.32 Å². The van der Waals surface area contributed by atoms with Crippen molar-refractivity contribution in [1.82, 2.24) is 0 Å². The summed E-state index contributed by atoms with van der Waals surface area (Å²) in [7, 11) is 1.62. The first-order valence-corrected chi connectivity index (χ1v) is 6.05. The van der Waals surface area contributed by atoms with Gasteiger partial charge in [-0.05, 0) is 11.8 Å². The molecule has 0 heterocycles. The minimum atomic E-state index is 0.435. The SMILES string of the molecule is CCSC(=N)Nc1ccc(CN)c(OC)c1. The van der Waals surface area contributed by atoms with Crippen molar-refractivity contribution in [1.29, 1.82) is 5.41 Å². The van der Waals surface area contributed by atoms with E-state index in [-0.39, 0.29) is 0 Å². The van der Waals surface area contributed by atoms with Crippen molar-refractivity contribution in [3.63, 3.8) is 0 Å². The fourth-order valence-corrected chi connectivity index (χ4v) is 1.78. The number of benzene rings is 1. The van der Waals surface area contributed by atoms with E-state index < -0.39 is 0 Å². The van der Waals surface area contributed by atoms with Crippen LogP contribution in [0.1, 0.15) is 12.5 Å². The highest BCUT2D eigenvalue weighted by atomic mass is 32.2. The van der Waals surface area contributed by atoms with Crippen LogP contribution in [0.15, 0.2) is 18.2 Å². The fraction of sp³-hybridized carbons (Fsp3) is 0.364. The lowest BCUT2D eigenvalue weighted by molar-refractivity contribution is 0.410. The van der Waals surface area contributed by atoms with Gasteiger partial charge in [0.2, 0.25) is 0 Å². The molecule has 1 aromatic carbocycles. The van der Waals surface area contributed by atoms with Crippen LogP contribution in [0.3, 0.4) is 0 Å². The van der Waals surface area contributed by atoms with E-state index in [9.17, 15) is 0 Å². The van der Waals surface area contributed by atoms with Gasteiger partial charge in [0.1, 0.15) is 5.75 Å². The number of hydrogen-bond donors (Lipinski definition) is 3. The van der Waals surface area contributed by atoms with E-state index >= 15 is 0 Å². The summed E-state index contributed by atoms with van der Waals surface area (Å²) in [5.74, 6) is 1.63. The predicted molar refractivity (Wildman–Crippen MR) is 70.4 cm³/mol. The lowest BCUT2D eigenvalue weighted by atomic mass is 10.2. The van der Waals surface area contributed by atoms with E-state index in [1.165, 1.54) is 11.8 Å². The van der Waals surface area contributed by atoms with Crippen molar-refractivity contribution in [3.8, 4) is 5.75 Å². The summed E-state index contributed by atoms with van der Waals surface area (Å²) in [5, 5.41) is 11.1. The van der Waals surface area contributed by atoms with Gasteiger partial charge in [-0.25, -0.2) is 0 Å². The third kappa shape index (κ3) is 3.43. The fourth-order valence-electron chi connectivity index (χ4n) is 1.30. The second kappa shape index (κ2) is 6.40. The number of amidine groups is 1. The summed E-state index contributed by atoms with van der Waals surface area (Å²) in [6, 6.07) is 5.66. The number of thioether (sulfide) groups is 1. The molecule has 16 heavy (non-hydrogen) atoms. The van der Waals surface area contributed by atoms with Crippen LogP contribution < -0.4 is 15.8 Å². The van der Waals surface area contributed by atoms with E-state index in [1.54, 1.807) is 7.11 Å². The molecule has 0 saturated carbocycles. The van der Waals surface area contributed by atoms with Crippen LogP contribution >= 0.6 is 11.8 Å². The van der Waals surface area contributed by atoms with Crippen molar-refractivity contribution in [2.75, 3.05) is 18.2 Å². The molecule has 88 valence electrons. The Morgan fingerprint density at radius 1 is 1.56 bits per heavy atom. The highest BCUT2D eigenvalue weighted by Crippen LogP contribution is 2.23. The highest BCUT2D eigenvalue weighted by Gasteiger charge is 2.04. The van der Waals surface area contributed by atoms with Crippen LogP contribution in [0, 0.1) is 5.41 Å². The zero-order valence-electron chi connectivity index (χ0n) is 9.54. The summed E-state index contributed by atoms with van der Waals surface area (Å²) in [6.45, 7) is 2.46. The summed E-state index contributed by atoms with van der Waals surface area (Å²) < 4.78 is 5.22. The number of hydrogen-bond acceptors (Lipinski definition) is 4. The summed E-state index contributed by atoms with van der Waals surface area (Å²) in [4.78, 5) is 0. The number of rotatable bonds is 4. The second-order valence-corrected chi connectivity index (χ2v) is 4.39. The molecule has 0 bridgehead atoms. The van der Waals surface area contributed by atoms with Crippen LogP contribution in [-0.4, -0.2) is 18.0 Å². The topological polar surface area (TPSA) is 71.1 Å². The molecule has 0 saturated heterocycles. The smallest absolute Gasteiger partial charge is 0.158 e. The van der Waals surface area contributed by atoms with Gasteiger partial charge in [-0.2, -0.15) is 0 Å². The van der Waals surface area contributed by atoms with E-state index in [0.717, 1.165) is 22.8 Å². The predicted octanol–water partition coefficient (Wildman–Crippen LogP) is 2.25. The minimum Gasteiger partial charge on any atom is -0.496 e. The molecule has 4 nitrogen and oxygen atoms in total. The quantitative estimate of drug-likeness (QED) is 0.556. The third-order valence-electron chi connectivity index (χ3n) is 2.05. The third-order valence-corrected chi connectivity index (χ3v) is 2.73. The molecule has 0 fully saturated rings. The largest absolute Gasteiger partial charge is 0.496 e. The van der Waals surface area contributed by atoms with Gasteiger partial charge in [-0.1, -0.05) is 24.8 Å². The van der Waals surface area contributed by atoms with Gasteiger partial charge >= 0.3 is 0 Å². The number of anilines is 1. The summed E-state index contributed by atoms with van der Waals surface area (Å²) >= 11 is 1.46. The molecule has 5 heteroatoms. The van der Waals surface area contributed by atoms with Gasteiger partial charge in [-0.3, -0.25) is 5.41 Å². The molecule has 0 unspecified atom stereocenters. The molecule has 1 rings (SSSR count). The first kappa shape index (κ1) is 12.9. The summed E-state index contributed by atoms with van der Waals surface area (Å²) in [5.41, 5.74) is 7.39. The maximum atomic E-state index is 7.64. The molecular weight excluding hydrogens is 222 g/mol.